The molecule has 0 N–H and O–H groups in total. The number of aromatic nitrogens is 1. The fraction of sp³-hybridized carbons (Fsp3) is 0. The second kappa shape index (κ2) is 7.62. The van der Waals surface area contributed by atoms with Crippen molar-refractivity contribution in [3.05, 3.63) is 127 Å². The van der Waals surface area contributed by atoms with Crippen molar-refractivity contribution in [3.63, 3.8) is 0 Å². The van der Waals surface area contributed by atoms with E-state index in [0.717, 1.165) is 33.1 Å². The van der Waals surface area contributed by atoms with Crippen LogP contribution in [0, 0.1) is 0 Å². The molecule has 0 fully saturated rings. The number of hydrogen-bond acceptors (Lipinski definition) is 2. The van der Waals surface area contributed by atoms with Crippen molar-refractivity contribution < 1.29 is 22.5 Å². The van der Waals surface area contributed by atoms with Gasteiger partial charge in [0, 0.05) is 38.0 Å². The standard InChI is InChI=1S/C36H21NO2/c1-4-12-30-25(8-1)27-20-21-28-26-9-2-5-13-31(26)39-36(28)35(27)37(30)23-18-16-22(17-19-23)24-11-7-15-33-34(24)29-10-3-6-14-32(29)38-33/h1-21H/i1D,2D,4D,5D,8D,9D,12D,13D,20D,21D. The van der Waals surface area contributed by atoms with Gasteiger partial charge in [-0.05, 0) is 53.5 Å². The first-order chi connectivity index (χ1) is 23.5. The van der Waals surface area contributed by atoms with E-state index in [1.807, 2.05) is 54.6 Å². The fourth-order valence-corrected chi connectivity index (χ4v) is 5.63. The van der Waals surface area contributed by atoms with Crippen molar-refractivity contribution in [1.29, 1.82) is 0 Å². The molecule has 3 heteroatoms. The van der Waals surface area contributed by atoms with Crippen LogP contribution >= 0.6 is 0 Å². The van der Waals surface area contributed by atoms with Crippen molar-refractivity contribution in [1.82, 2.24) is 4.57 Å². The molecule has 0 radical (unpaired) electrons. The quantitative estimate of drug-likeness (QED) is 0.232. The van der Waals surface area contributed by atoms with E-state index in [2.05, 4.69) is 0 Å². The number of hydrogen-bond donors (Lipinski definition) is 0. The molecule has 3 nitrogen and oxygen atoms in total. The van der Waals surface area contributed by atoms with E-state index < -0.39 is 36.3 Å². The maximum atomic E-state index is 9.13. The van der Waals surface area contributed by atoms with Crippen LogP contribution in [0.15, 0.2) is 136 Å². The Kier molecular flexibility index (Phi) is 2.64. The van der Waals surface area contributed by atoms with Gasteiger partial charge in [0.2, 0.25) is 0 Å². The molecule has 0 atom stereocenters. The maximum absolute atomic E-state index is 9.13. The largest absolute Gasteiger partial charge is 0.456 e. The van der Waals surface area contributed by atoms with Crippen LogP contribution in [-0.4, -0.2) is 4.57 Å². The topological polar surface area (TPSA) is 31.2 Å². The summed E-state index contributed by atoms with van der Waals surface area (Å²) in [6, 6.07) is 16.6. The Morgan fingerprint density at radius 1 is 0.538 bits per heavy atom. The third-order valence-corrected chi connectivity index (χ3v) is 7.30. The maximum Gasteiger partial charge on any atom is 0.160 e. The van der Waals surface area contributed by atoms with Gasteiger partial charge in [-0.3, -0.25) is 0 Å². The van der Waals surface area contributed by atoms with Crippen LogP contribution in [0.25, 0.3) is 82.5 Å². The predicted octanol–water partition coefficient (Wildman–Crippen LogP) is 10.2. The average molecular weight is 510 g/mol. The molecule has 39 heavy (non-hydrogen) atoms. The van der Waals surface area contributed by atoms with Crippen molar-refractivity contribution in [2.45, 2.75) is 0 Å². The van der Waals surface area contributed by atoms with Crippen molar-refractivity contribution >= 4 is 65.7 Å². The zero-order valence-electron chi connectivity index (χ0n) is 30.1. The Morgan fingerprint density at radius 2 is 1.31 bits per heavy atom. The lowest BCUT2D eigenvalue weighted by Gasteiger charge is -2.10. The Bertz CT molecular complexity index is 2940. The van der Waals surface area contributed by atoms with Gasteiger partial charge in [0.25, 0.3) is 0 Å². The van der Waals surface area contributed by atoms with Crippen molar-refractivity contribution in [3.8, 4) is 16.8 Å². The Labute approximate surface area is 237 Å². The average Bonchev–Trinajstić information content (AvgIpc) is 3.81. The lowest BCUT2D eigenvalue weighted by Crippen LogP contribution is -1.94. The zero-order valence-corrected chi connectivity index (χ0v) is 20.1. The Balaban J connectivity index is 1.42. The van der Waals surface area contributed by atoms with Crippen LogP contribution in [0.5, 0.6) is 0 Å². The number of furan rings is 2. The number of para-hydroxylation sites is 3. The van der Waals surface area contributed by atoms with Gasteiger partial charge in [0.1, 0.15) is 16.7 Å². The Hall–Kier alpha value is -5.28. The summed E-state index contributed by atoms with van der Waals surface area (Å²) in [5, 5.41) is 1.93. The third-order valence-electron chi connectivity index (χ3n) is 7.30. The molecule has 9 rings (SSSR count). The monoisotopic (exact) mass is 509 g/mol. The highest BCUT2D eigenvalue weighted by Gasteiger charge is 2.19. The first-order valence-electron chi connectivity index (χ1n) is 17.4. The summed E-state index contributed by atoms with van der Waals surface area (Å²) < 4.78 is 100. The van der Waals surface area contributed by atoms with E-state index in [0.29, 0.717) is 5.69 Å². The molecule has 9 aromatic rings. The minimum absolute atomic E-state index is 0.00561. The molecule has 0 spiro atoms. The number of benzene rings is 6. The van der Waals surface area contributed by atoms with Gasteiger partial charge in [-0.15, -0.1) is 0 Å². The molecule has 0 aliphatic heterocycles. The summed E-state index contributed by atoms with van der Waals surface area (Å²) >= 11 is 0. The zero-order chi connectivity index (χ0) is 34.2. The van der Waals surface area contributed by atoms with E-state index in [9.17, 15) is 0 Å². The van der Waals surface area contributed by atoms with Gasteiger partial charge in [-0.25, -0.2) is 0 Å². The molecule has 0 amide bonds. The van der Waals surface area contributed by atoms with Crippen molar-refractivity contribution in [2.75, 3.05) is 0 Å². The highest BCUT2D eigenvalue weighted by atomic mass is 16.3. The van der Waals surface area contributed by atoms with Gasteiger partial charge in [0.15, 0.2) is 5.58 Å². The SMILES string of the molecule is [2H]c1c([2H])c([2H])c2c(oc3c2c([2H])c([2H])c2c4c([2H])c([2H])c([2H])c([2H])c4n(-c4ccc(-c5cccc6oc7ccccc7c56)cc4)c32)c1[2H]. The summed E-state index contributed by atoms with van der Waals surface area (Å²) in [5.41, 5.74) is 3.76. The smallest absolute Gasteiger partial charge is 0.160 e. The number of rotatable bonds is 2. The summed E-state index contributed by atoms with van der Waals surface area (Å²) in [6.07, 6.45) is 0. The second-order valence-electron chi connectivity index (χ2n) is 9.37. The lowest BCUT2D eigenvalue weighted by molar-refractivity contribution is 0.669. The first-order valence-corrected chi connectivity index (χ1v) is 12.4. The van der Waals surface area contributed by atoms with Crippen LogP contribution < -0.4 is 0 Å². The van der Waals surface area contributed by atoms with Crippen LogP contribution in [0.4, 0.5) is 0 Å². The molecule has 0 unspecified atom stereocenters. The van der Waals surface area contributed by atoms with E-state index in [1.54, 1.807) is 16.7 Å². The van der Waals surface area contributed by atoms with Gasteiger partial charge >= 0.3 is 0 Å². The van der Waals surface area contributed by atoms with Gasteiger partial charge in [-0.2, -0.15) is 0 Å². The molecular formula is C36H21NO2. The van der Waals surface area contributed by atoms with E-state index in [1.165, 1.54) is 0 Å². The van der Waals surface area contributed by atoms with Crippen molar-refractivity contribution in [2.24, 2.45) is 0 Å². The number of fused-ring (bicyclic) bond motifs is 10. The van der Waals surface area contributed by atoms with E-state index >= 15 is 0 Å². The summed E-state index contributed by atoms with van der Waals surface area (Å²) in [7, 11) is 0. The predicted molar refractivity (Wildman–Crippen MR) is 161 cm³/mol. The molecule has 3 heterocycles. The Morgan fingerprint density at radius 3 is 2.23 bits per heavy atom. The van der Waals surface area contributed by atoms with Crippen LogP contribution in [-0.2, 0) is 0 Å². The highest BCUT2D eigenvalue weighted by Crippen LogP contribution is 2.41. The van der Waals surface area contributed by atoms with Gasteiger partial charge in [0.05, 0.1) is 24.7 Å². The summed E-state index contributed by atoms with van der Waals surface area (Å²) in [6.45, 7) is 0. The van der Waals surface area contributed by atoms with Crippen LogP contribution in [0.2, 0.25) is 0 Å². The summed E-state index contributed by atoms with van der Waals surface area (Å²) in [5.74, 6) is 0. The van der Waals surface area contributed by atoms with E-state index in [4.69, 9.17) is 22.5 Å². The first kappa shape index (κ1) is 13.5. The molecule has 0 aliphatic carbocycles. The van der Waals surface area contributed by atoms with Crippen LogP contribution in [0.1, 0.15) is 13.7 Å². The lowest BCUT2D eigenvalue weighted by atomic mass is 9.99. The minimum Gasteiger partial charge on any atom is -0.456 e. The second-order valence-corrected chi connectivity index (χ2v) is 9.37. The molecule has 0 bridgehead atoms. The van der Waals surface area contributed by atoms with Crippen LogP contribution in [0.3, 0.4) is 0 Å². The van der Waals surface area contributed by atoms with E-state index in [-0.39, 0.29) is 67.9 Å². The normalized spacial score (nSPS) is 15.7. The number of nitrogens with zero attached hydrogens (tertiary/aromatic N) is 1. The molecule has 0 aliphatic rings. The molecule has 0 saturated heterocycles. The third kappa shape index (κ3) is 2.82. The molecule has 3 aromatic heterocycles. The molecule has 6 aromatic carbocycles. The minimum atomic E-state index is -0.512. The molecular weight excluding hydrogens is 478 g/mol. The highest BCUT2D eigenvalue weighted by molar-refractivity contribution is 6.21. The van der Waals surface area contributed by atoms with Gasteiger partial charge in [-0.1, -0.05) is 84.8 Å². The molecule has 0 saturated carbocycles. The molecule has 182 valence electrons. The van der Waals surface area contributed by atoms with Gasteiger partial charge < -0.3 is 13.4 Å². The fourth-order valence-electron chi connectivity index (χ4n) is 5.63. The summed E-state index contributed by atoms with van der Waals surface area (Å²) in [4.78, 5) is 0.